The second kappa shape index (κ2) is 8.56. The fraction of sp³-hybridized carbons (Fsp3) is 0.240. The minimum atomic E-state index is -2.52. The van der Waals surface area contributed by atoms with E-state index in [1.807, 2.05) is 25.3 Å². The van der Waals surface area contributed by atoms with Crippen molar-refractivity contribution in [2.24, 2.45) is 0 Å². The molecule has 0 N–H and O–H groups in total. The molecule has 2 nitrogen and oxygen atoms in total. The second-order valence-corrected chi connectivity index (χ2v) is 12.2. The zero-order valence-electron chi connectivity index (χ0n) is 17.1. The summed E-state index contributed by atoms with van der Waals surface area (Å²) in [4.78, 5) is 4.32. The highest BCUT2D eigenvalue weighted by Crippen LogP contribution is 2.37. The molecule has 0 unspecified atom stereocenters. The zero-order valence-corrected chi connectivity index (χ0v) is 18.1. The summed E-state index contributed by atoms with van der Waals surface area (Å²) in [7, 11) is -2.52. The molecule has 0 spiro atoms. The highest BCUT2D eigenvalue weighted by Gasteiger charge is 2.50. The van der Waals surface area contributed by atoms with Gasteiger partial charge in [0.15, 0.2) is 0 Å². The highest BCUT2D eigenvalue weighted by molar-refractivity contribution is 6.99. The van der Waals surface area contributed by atoms with Gasteiger partial charge in [-0.05, 0) is 46.0 Å². The first-order valence-electron chi connectivity index (χ1n) is 9.60. The molecule has 28 heavy (non-hydrogen) atoms. The fourth-order valence-electron chi connectivity index (χ4n) is 3.71. The van der Waals surface area contributed by atoms with E-state index in [0.717, 1.165) is 11.3 Å². The molecule has 0 saturated heterocycles. The molecule has 3 rings (SSSR count). The second-order valence-electron chi connectivity index (χ2n) is 7.88. The average molecular weight is 386 g/mol. The van der Waals surface area contributed by atoms with Crippen LogP contribution in [0.3, 0.4) is 0 Å². The number of hydrogen-bond donors (Lipinski definition) is 0. The maximum Gasteiger partial charge on any atom is 0.261 e. The third-order valence-electron chi connectivity index (χ3n) is 4.95. The summed E-state index contributed by atoms with van der Waals surface area (Å²) in [5, 5.41) is 2.54. The van der Waals surface area contributed by atoms with Crippen molar-refractivity contribution in [1.82, 2.24) is 4.98 Å². The lowest BCUT2D eigenvalue weighted by atomic mass is 10.2. The average Bonchev–Trinajstić information content (AvgIpc) is 2.70. The lowest BCUT2D eigenvalue weighted by molar-refractivity contribution is 0.286. The first kappa shape index (κ1) is 20.1. The van der Waals surface area contributed by atoms with Crippen molar-refractivity contribution in [3.63, 3.8) is 0 Å². The van der Waals surface area contributed by atoms with Crippen molar-refractivity contribution in [2.75, 3.05) is 0 Å². The molecule has 0 bridgehead atoms. The van der Waals surface area contributed by atoms with E-state index in [0.29, 0.717) is 6.61 Å². The molecule has 0 aliphatic rings. The van der Waals surface area contributed by atoms with Gasteiger partial charge in [0.05, 0.1) is 6.61 Å². The molecule has 2 aromatic carbocycles. The number of benzene rings is 2. The Balaban J connectivity index is 2.08. The number of hydrogen-bond acceptors (Lipinski definition) is 2. The predicted octanol–water partition coefficient (Wildman–Crippen LogP) is 4.53. The van der Waals surface area contributed by atoms with Crippen molar-refractivity contribution in [3.05, 3.63) is 90.3 Å². The molecular weight excluding hydrogens is 358 g/mol. The molecule has 0 fully saturated rings. The van der Waals surface area contributed by atoms with Gasteiger partial charge in [-0.15, -0.1) is 0 Å². The van der Waals surface area contributed by atoms with Crippen LogP contribution < -0.4 is 10.4 Å². The summed E-state index contributed by atoms with van der Waals surface area (Å²) >= 11 is 0. The van der Waals surface area contributed by atoms with Crippen molar-refractivity contribution >= 4 is 18.7 Å². The van der Waals surface area contributed by atoms with Crippen LogP contribution in [-0.4, -0.2) is 13.3 Å². The molecule has 0 aliphatic carbocycles. The van der Waals surface area contributed by atoms with Gasteiger partial charge in [0.1, 0.15) is 5.69 Å². The zero-order chi connectivity index (χ0) is 20.0. The van der Waals surface area contributed by atoms with Crippen LogP contribution in [0.25, 0.3) is 0 Å². The van der Waals surface area contributed by atoms with E-state index in [4.69, 9.17) is 4.43 Å². The van der Waals surface area contributed by atoms with Crippen molar-refractivity contribution in [1.29, 1.82) is 0 Å². The van der Waals surface area contributed by atoms with Gasteiger partial charge >= 0.3 is 0 Å². The Bertz CT molecular complexity index is 926. The number of aromatic nitrogens is 1. The van der Waals surface area contributed by atoms with Crippen molar-refractivity contribution in [3.8, 4) is 11.8 Å². The van der Waals surface area contributed by atoms with Gasteiger partial charge in [0.25, 0.3) is 8.32 Å². The Morgan fingerprint density at radius 2 is 1.46 bits per heavy atom. The molecule has 142 valence electrons. The van der Waals surface area contributed by atoms with Gasteiger partial charge in [-0.25, -0.2) is 4.98 Å². The maximum absolute atomic E-state index is 6.95. The van der Waals surface area contributed by atoms with E-state index in [1.54, 1.807) is 0 Å². The Morgan fingerprint density at radius 3 is 1.96 bits per heavy atom. The van der Waals surface area contributed by atoms with Gasteiger partial charge in [-0.2, -0.15) is 0 Å². The molecule has 0 saturated carbocycles. The lowest BCUT2D eigenvalue weighted by Gasteiger charge is -2.43. The quantitative estimate of drug-likeness (QED) is 0.475. The molecule has 0 radical (unpaired) electrons. The van der Waals surface area contributed by atoms with E-state index >= 15 is 0 Å². The van der Waals surface area contributed by atoms with Crippen molar-refractivity contribution < 1.29 is 4.43 Å². The van der Waals surface area contributed by atoms with Crippen LogP contribution in [0.15, 0.2) is 79.0 Å². The smallest absolute Gasteiger partial charge is 0.261 e. The minimum absolute atomic E-state index is 0.0329. The summed E-state index contributed by atoms with van der Waals surface area (Å²) in [6.07, 6.45) is 1.81. The van der Waals surface area contributed by atoms with E-state index in [-0.39, 0.29) is 5.04 Å². The Labute approximate surface area is 169 Å². The van der Waals surface area contributed by atoms with Gasteiger partial charge in [0.2, 0.25) is 0 Å². The summed E-state index contributed by atoms with van der Waals surface area (Å²) in [5.41, 5.74) is 1.88. The number of rotatable bonds is 5. The largest absolute Gasteiger partial charge is 0.403 e. The van der Waals surface area contributed by atoms with Crippen molar-refractivity contribution in [2.45, 2.75) is 39.3 Å². The van der Waals surface area contributed by atoms with Crippen LogP contribution in [0.1, 0.15) is 39.0 Å². The predicted molar refractivity (Wildman–Crippen MR) is 119 cm³/mol. The first-order valence-corrected chi connectivity index (χ1v) is 11.5. The van der Waals surface area contributed by atoms with E-state index in [2.05, 4.69) is 98.3 Å². The SMILES string of the molecule is CC#Cc1cc(CO[Si](c2ccccc2)(c2ccccc2)C(C)(C)C)ccn1. The van der Waals surface area contributed by atoms with Crippen LogP contribution in [0.4, 0.5) is 0 Å². The fourth-order valence-corrected chi connectivity index (χ4v) is 8.25. The summed E-state index contributed by atoms with van der Waals surface area (Å²) in [5.74, 6) is 5.95. The normalized spacial score (nSPS) is 11.6. The van der Waals surface area contributed by atoms with Gasteiger partial charge in [0, 0.05) is 6.20 Å². The Hall–Kier alpha value is -2.67. The monoisotopic (exact) mass is 385 g/mol. The number of pyridine rings is 1. The topological polar surface area (TPSA) is 22.1 Å². The van der Waals surface area contributed by atoms with E-state index in [1.165, 1.54) is 10.4 Å². The first-order chi connectivity index (χ1) is 13.5. The van der Waals surface area contributed by atoms with Gasteiger partial charge in [-0.3, -0.25) is 0 Å². The number of nitrogens with zero attached hydrogens (tertiary/aromatic N) is 1. The molecule has 1 aromatic heterocycles. The standard InChI is InChI=1S/C25H27NOSi/c1-5-12-22-19-21(17-18-26-22)20-27-28(25(2,3)4,23-13-8-6-9-14-23)24-15-10-7-11-16-24/h6-11,13-19H,20H2,1-4H3. The maximum atomic E-state index is 6.95. The van der Waals surface area contributed by atoms with E-state index in [9.17, 15) is 0 Å². The van der Waals surface area contributed by atoms with Crippen LogP contribution >= 0.6 is 0 Å². The molecule has 3 aromatic rings. The summed E-state index contributed by atoms with van der Waals surface area (Å²) in [6.45, 7) is 9.24. The summed E-state index contributed by atoms with van der Waals surface area (Å²) in [6, 6.07) is 25.4. The van der Waals surface area contributed by atoms with Crippen LogP contribution in [0, 0.1) is 11.8 Å². The van der Waals surface area contributed by atoms with Gasteiger partial charge in [-0.1, -0.05) is 87.4 Å². The van der Waals surface area contributed by atoms with Crippen LogP contribution in [0.2, 0.25) is 5.04 Å². The lowest BCUT2D eigenvalue weighted by Crippen LogP contribution is -2.66. The van der Waals surface area contributed by atoms with E-state index < -0.39 is 8.32 Å². The molecule has 0 aliphatic heterocycles. The molecule has 3 heteroatoms. The third-order valence-corrected chi connectivity index (χ3v) is 9.93. The van der Waals surface area contributed by atoms with Crippen LogP contribution in [0.5, 0.6) is 0 Å². The minimum Gasteiger partial charge on any atom is -0.403 e. The molecular formula is C25H27NOSi. The summed E-state index contributed by atoms with van der Waals surface area (Å²) < 4.78 is 6.95. The Morgan fingerprint density at radius 1 is 0.893 bits per heavy atom. The van der Waals surface area contributed by atoms with Gasteiger partial charge < -0.3 is 4.43 Å². The van der Waals surface area contributed by atoms with Crippen LogP contribution in [-0.2, 0) is 11.0 Å². The third kappa shape index (κ3) is 4.09. The molecule has 0 atom stereocenters. The molecule has 1 heterocycles. The Kier molecular flexibility index (Phi) is 6.14. The molecule has 0 amide bonds. The highest BCUT2D eigenvalue weighted by atomic mass is 28.4.